The topological polar surface area (TPSA) is 30.7 Å². The first-order chi connectivity index (χ1) is 8.26. The van der Waals surface area contributed by atoms with Gasteiger partial charge in [-0.1, -0.05) is 6.92 Å². The van der Waals surface area contributed by atoms with Crippen LogP contribution in [0.5, 0.6) is 0 Å². The van der Waals surface area contributed by atoms with E-state index in [1.165, 1.54) is 0 Å². The van der Waals surface area contributed by atoms with Crippen LogP contribution in [-0.2, 0) is 13.0 Å². The summed E-state index contributed by atoms with van der Waals surface area (Å²) in [6.45, 7) is 3.14. The summed E-state index contributed by atoms with van der Waals surface area (Å²) in [7, 11) is 0. The lowest BCUT2D eigenvalue weighted by molar-refractivity contribution is 0.667. The molecule has 0 saturated carbocycles. The SMILES string of the molecule is CSC(C)Cn1c(CCCl)nc2cccnc21. The quantitative estimate of drug-likeness (QED) is 0.782. The number of halogens is 1. The maximum Gasteiger partial charge on any atom is 0.160 e. The van der Waals surface area contributed by atoms with Crippen molar-refractivity contribution in [2.45, 2.75) is 25.1 Å². The zero-order chi connectivity index (χ0) is 12.3. The third kappa shape index (κ3) is 2.75. The maximum atomic E-state index is 5.83. The van der Waals surface area contributed by atoms with Crippen molar-refractivity contribution in [1.29, 1.82) is 0 Å². The van der Waals surface area contributed by atoms with Crippen molar-refractivity contribution in [3.8, 4) is 0 Å². The highest BCUT2D eigenvalue weighted by molar-refractivity contribution is 7.99. The third-order valence-electron chi connectivity index (χ3n) is 2.74. The van der Waals surface area contributed by atoms with Crippen molar-refractivity contribution >= 4 is 34.5 Å². The van der Waals surface area contributed by atoms with Crippen LogP contribution in [0.15, 0.2) is 18.3 Å². The summed E-state index contributed by atoms with van der Waals surface area (Å²) >= 11 is 7.68. The van der Waals surface area contributed by atoms with Gasteiger partial charge < -0.3 is 4.57 Å². The van der Waals surface area contributed by atoms with Gasteiger partial charge in [-0.3, -0.25) is 0 Å². The Morgan fingerprint density at radius 2 is 2.35 bits per heavy atom. The Morgan fingerprint density at radius 1 is 1.53 bits per heavy atom. The smallest absolute Gasteiger partial charge is 0.160 e. The molecule has 0 amide bonds. The lowest BCUT2D eigenvalue weighted by Crippen LogP contribution is -2.13. The predicted octanol–water partition coefficient (Wildman–Crippen LogP) is 2.96. The Hall–Kier alpha value is -0.740. The zero-order valence-corrected chi connectivity index (χ0v) is 11.6. The summed E-state index contributed by atoms with van der Waals surface area (Å²) < 4.78 is 2.19. The minimum atomic E-state index is 0.545. The number of hydrogen-bond acceptors (Lipinski definition) is 3. The van der Waals surface area contributed by atoms with Crippen LogP contribution < -0.4 is 0 Å². The summed E-state index contributed by atoms with van der Waals surface area (Å²) in [5.41, 5.74) is 1.93. The molecule has 1 atom stereocenters. The second kappa shape index (κ2) is 5.74. The van der Waals surface area contributed by atoms with Crippen LogP contribution in [0, 0.1) is 0 Å². The fourth-order valence-electron chi connectivity index (χ4n) is 1.80. The van der Waals surface area contributed by atoms with Crippen LogP contribution in [0.25, 0.3) is 11.2 Å². The van der Waals surface area contributed by atoms with Gasteiger partial charge in [0.2, 0.25) is 0 Å². The lowest BCUT2D eigenvalue weighted by atomic mass is 10.4. The van der Waals surface area contributed by atoms with E-state index < -0.39 is 0 Å². The minimum absolute atomic E-state index is 0.545. The highest BCUT2D eigenvalue weighted by Gasteiger charge is 2.12. The largest absolute Gasteiger partial charge is 0.312 e. The number of hydrogen-bond donors (Lipinski definition) is 0. The molecule has 2 heterocycles. The van der Waals surface area contributed by atoms with E-state index in [2.05, 4.69) is 27.7 Å². The van der Waals surface area contributed by atoms with Crippen molar-refractivity contribution in [2.24, 2.45) is 0 Å². The zero-order valence-electron chi connectivity index (χ0n) is 10.1. The Morgan fingerprint density at radius 3 is 3.06 bits per heavy atom. The van der Waals surface area contributed by atoms with Gasteiger partial charge in [-0.2, -0.15) is 11.8 Å². The number of nitrogens with zero attached hydrogens (tertiary/aromatic N) is 3. The average Bonchev–Trinajstić information content (AvgIpc) is 2.68. The van der Waals surface area contributed by atoms with Gasteiger partial charge in [0.05, 0.1) is 0 Å². The molecule has 1 unspecified atom stereocenters. The Balaban J connectivity index is 2.44. The van der Waals surface area contributed by atoms with E-state index in [1.54, 1.807) is 0 Å². The number of fused-ring (bicyclic) bond motifs is 1. The first-order valence-corrected chi connectivity index (χ1v) is 7.47. The van der Waals surface area contributed by atoms with Crippen molar-refractivity contribution in [3.63, 3.8) is 0 Å². The molecular weight excluding hydrogens is 254 g/mol. The van der Waals surface area contributed by atoms with E-state index in [1.807, 2.05) is 30.1 Å². The maximum absolute atomic E-state index is 5.83. The average molecular weight is 270 g/mol. The second-order valence-electron chi connectivity index (χ2n) is 3.97. The fraction of sp³-hybridized carbons (Fsp3) is 0.500. The van der Waals surface area contributed by atoms with Crippen molar-refractivity contribution < 1.29 is 0 Å². The monoisotopic (exact) mass is 269 g/mol. The standard InChI is InChI=1S/C12H16ClN3S/c1-9(17-2)8-16-11(5-6-13)15-10-4-3-7-14-12(10)16/h3-4,7,9H,5-6,8H2,1-2H3. The van der Waals surface area contributed by atoms with Crippen molar-refractivity contribution in [1.82, 2.24) is 14.5 Å². The predicted molar refractivity (Wildman–Crippen MR) is 74.9 cm³/mol. The number of rotatable bonds is 5. The summed E-state index contributed by atoms with van der Waals surface area (Å²) in [5, 5.41) is 0.545. The van der Waals surface area contributed by atoms with Gasteiger partial charge in [-0.15, -0.1) is 11.6 Å². The van der Waals surface area contributed by atoms with E-state index in [0.717, 1.165) is 30.0 Å². The molecule has 92 valence electrons. The van der Waals surface area contributed by atoms with Crippen LogP contribution in [0.4, 0.5) is 0 Å². The van der Waals surface area contributed by atoms with Crippen molar-refractivity contribution in [2.75, 3.05) is 12.1 Å². The minimum Gasteiger partial charge on any atom is -0.312 e. The molecule has 0 saturated heterocycles. The van der Waals surface area contributed by atoms with E-state index in [4.69, 9.17) is 11.6 Å². The van der Waals surface area contributed by atoms with E-state index in [-0.39, 0.29) is 0 Å². The number of pyridine rings is 1. The van der Waals surface area contributed by atoms with Gasteiger partial charge in [-0.25, -0.2) is 9.97 Å². The molecular formula is C12H16ClN3S. The van der Waals surface area contributed by atoms with Crippen LogP contribution in [0.1, 0.15) is 12.7 Å². The summed E-state index contributed by atoms with van der Waals surface area (Å²) in [6.07, 6.45) is 4.73. The van der Waals surface area contributed by atoms with Gasteiger partial charge in [0.1, 0.15) is 11.3 Å². The third-order valence-corrected chi connectivity index (χ3v) is 3.89. The number of imidazole rings is 1. The van der Waals surface area contributed by atoms with Gasteiger partial charge in [-0.05, 0) is 18.4 Å². The first kappa shape index (κ1) is 12.7. The van der Waals surface area contributed by atoms with Crippen LogP contribution in [0.2, 0.25) is 0 Å². The second-order valence-corrected chi connectivity index (χ2v) is 5.62. The summed E-state index contributed by atoms with van der Waals surface area (Å²) in [6, 6.07) is 3.92. The molecule has 0 aliphatic rings. The van der Waals surface area contributed by atoms with Crippen LogP contribution in [0.3, 0.4) is 0 Å². The lowest BCUT2D eigenvalue weighted by Gasteiger charge is -2.12. The molecule has 2 aromatic rings. The molecule has 0 aromatic carbocycles. The molecule has 2 rings (SSSR count). The normalized spacial score (nSPS) is 13.1. The summed E-state index contributed by atoms with van der Waals surface area (Å²) in [5.74, 6) is 1.63. The molecule has 17 heavy (non-hydrogen) atoms. The van der Waals surface area contributed by atoms with E-state index in [9.17, 15) is 0 Å². The molecule has 2 aromatic heterocycles. The molecule has 0 bridgehead atoms. The molecule has 0 radical (unpaired) electrons. The highest BCUT2D eigenvalue weighted by atomic mass is 35.5. The number of alkyl halides is 1. The van der Waals surface area contributed by atoms with E-state index >= 15 is 0 Å². The molecule has 0 aliphatic carbocycles. The number of aromatic nitrogens is 3. The number of aryl methyl sites for hydroxylation is 1. The Bertz CT molecular complexity index is 497. The van der Waals surface area contributed by atoms with Gasteiger partial charge in [0.25, 0.3) is 0 Å². The van der Waals surface area contributed by atoms with Gasteiger partial charge >= 0.3 is 0 Å². The van der Waals surface area contributed by atoms with E-state index in [0.29, 0.717) is 11.1 Å². The highest BCUT2D eigenvalue weighted by Crippen LogP contribution is 2.18. The van der Waals surface area contributed by atoms with Crippen LogP contribution in [-0.4, -0.2) is 31.9 Å². The fourth-order valence-corrected chi connectivity index (χ4v) is 2.27. The number of thioether (sulfide) groups is 1. The Labute approximate surface area is 111 Å². The molecule has 0 N–H and O–H groups in total. The van der Waals surface area contributed by atoms with Gasteiger partial charge in [0.15, 0.2) is 5.65 Å². The molecule has 0 aliphatic heterocycles. The molecule has 5 heteroatoms. The molecule has 0 fully saturated rings. The molecule has 0 spiro atoms. The van der Waals surface area contributed by atoms with Crippen molar-refractivity contribution in [3.05, 3.63) is 24.2 Å². The first-order valence-electron chi connectivity index (χ1n) is 5.65. The van der Waals surface area contributed by atoms with Gasteiger partial charge in [0, 0.05) is 30.3 Å². The van der Waals surface area contributed by atoms with Crippen LogP contribution >= 0.6 is 23.4 Å². The molecule has 3 nitrogen and oxygen atoms in total. The summed E-state index contributed by atoms with van der Waals surface area (Å²) in [4.78, 5) is 9.02. The Kier molecular flexibility index (Phi) is 4.29.